The van der Waals surface area contributed by atoms with Crippen molar-refractivity contribution in [2.24, 2.45) is 5.41 Å². The van der Waals surface area contributed by atoms with Crippen molar-refractivity contribution in [3.63, 3.8) is 0 Å². The summed E-state index contributed by atoms with van der Waals surface area (Å²) in [5.41, 5.74) is 1.34. The summed E-state index contributed by atoms with van der Waals surface area (Å²) in [4.78, 5) is 12.7. The van der Waals surface area contributed by atoms with E-state index in [1.165, 1.54) is 17.6 Å². The molecule has 114 valence electrons. The van der Waals surface area contributed by atoms with Crippen LogP contribution in [0.3, 0.4) is 0 Å². The zero-order chi connectivity index (χ0) is 14.9. The lowest BCUT2D eigenvalue weighted by Crippen LogP contribution is -2.22. The molecule has 1 heterocycles. The molecule has 0 amide bonds. The third-order valence-electron chi connectivity index (χ3n) is 4.26. The van der Waals surface area contributed by atoms with E-state index >= 15 is 0 Å². The van der Waals surface area contributed by atoms with Crippen LogP contribution in [0.15, 0.2) is 29.2 Å². The van der Waals surface area contributed by atoms with Crippen molar-refractivity contribution in [3.05, 3.63) is 29.8 Å². The number of ether oxygens (including phenoxy) is 1. The number of fused-ring (bicyclic) bond motifs is 1. The average molecular weight is 324 g/mol. The largest absolute Gasteiger partial charge is 0.469 e. The molecule has 0 saturated heterocycles. The number of hydrogen-bond donors (Lipinski definition) is 0. The number of thioether (sulfide) groups is 1. The number of benzene rings is 1. The van der Waals surface area contributed by atoms with Gasteiger partial charge in [-0.25, -0.2) is 0 Å². The summed E-state index contributed by atoms with van der Waals surface area (Å²) in [5, 5.41) is 0.414. The van der Waals surface area contributed by atoms with Gasteiger partial charge in [0.15, 0.2) is 0 Å². The fourth-order valence-electron chi connectivity index (χ4n) is 2.88. The van der Waals surface area contributed by atoms with E-state index in [1.54, 1.807) is 0 Å². The molecule has 2 atom stereocenters. The van der Waals surface area contributed by atoms with Crippen LogP contribution in [-0.2, 0) is 26.8 Å². The summed E-state index contributed by atoms with van der Waals surface area (Å²) >= 11 is 1.84. The molecule has 3 nitrogen and oxygen atoms in total. The molecule has 21 heavy (non-hydrogen) atoms. The van der Waals surface area contributed by atoms with Crippen LogP contribution in [0.25, 0.3) is 0 Å². The smallest absolute Gasteiger partial charge is 0.306 e. The summed E-state index contributed by atoms with van der Waals surface area (Å²) in [7, 11) is 0.566. The first-order chi connectivity index (χ1) is 10.1. The van der Waals surface area contributed by atoms with Crippen molar-refractivity contribution in [1.82, 2.24) is 0 Å². The molecule has 0 bridgehead atoms. The van der Waals surface area contributed by atoms with Gasteiger partial charge in [0.1, 0.15) is 0 Å². The van der Waals surface area contributed by atoms with E-state index < -0.39 is 10.8 Å². The standard InChI is InChI=1S/C16H20O3S2/c1-19-15(17)9-16(6-7-16)11-21(18)10-13-8-12-4-2-3-5-14(12)20-13/h2-5,13H,6-11H2,1H3. The van der Waals surface area contributed by atoms with Crippen molar-refractivity contribution in [2.75, 3.05) is 18.6 Å². The second-order valence-electron chi connectivity index (χ2n) is 6.06. The summed E-state index contributed by atoms with van der Waals surface area (Å²) in [5.74, 6) is 1.20. The first-order valence-electron chi connectivity index (χ1n) is 7.27. The third-order valence-corrected chi connectivity index (χ3v) is 7.50. The van der Waals surface area contributed by atoms with Crippen LogP contribution in [0, 0.1) is 5.41 Å². The van der Waals surface area contributed by atoms with Gasteiger partial charge in [-0.2, -0.15) is 0 Å². The molecular formula is C16H20O3S2. The van der Waals surface area contributed by atoms with Crippen molar-refractivity contribution < 1.29 is 13.7 Å². The van der Waals surface area contributed by atoms with Gasteiger partial charge in [0.2, 0.25) is 0 Å². The summed E-state index contributed by atoms with van der Waals surface area (Å²) < 4.78 is 17.2. The molecule has 2 aliphatic rings. The molecule has 1 aliphatic heterocycles. The molecule has 0 spiro atoms. The van der Waals surface area contributed by atoms with Gasteiger partial charge in [-0.05, 0) is 36.3 Å². The highest BCUT2D eigenvalue weighted by Gasteiger charge is 2.46. The van der Waals surface area contributed by atoms with E-state index in [2.05, 4.69) is 24.3 Å². The van der Waals surface area contributed by atoms with Crippen LogP contribution in [0.5, 0.6) is 0 Å². The number of methoxy groups -OCH3 is 1. The number of hydrogen-bond acceptors (Lipinski definition) is 4. The van der Waals surface area contributed by atoms with Crippen molar-refractivity contribution >= 4 is 28.5 Å². The topological polar surface area (TPSA) is 43.4 Å². The Kier molecular flexibility index (Phi) is 4.41. The van der Waals surface area contributed by atoms with Gasteiger partial charge < -0.3 is 4.74 Å². The molecule has 0 aromatic heterocycles. The van der Waals surface area contributed by atoms with Gasteiger partial charge >= 0.3 is 5.97 Å². The zero-order valence-electron chi connectivity index (χ0n) is 12.2. The fourth-order valence-corrected chi connectivity index (χ4v) is 6.42. The molecule has 1 fully saturated rings. The number of esters is 1. The average Bonchev–Trinajstić information content (AvgIpc) is 3.07. The summed E-state index contributed by atoms with van der Waals surface area (Å²) in [6.07, 6.45) is 3.45. The monoisotopic (exact) mass is 324 g/mol. The molecule has 2 unspecified atom stereocenters. The minimum Gasteiger partial charge on any atom is -0.469 e. The van der Waals surface area contributed by atoms with E-state index in [9.17, 15) is 9.00 Å². The van der Waals surface area contributed by atoms with E-state index in [4.69, 9.17) is 4.74 Å². The molecule has 5 heteroatoms. The molecule has 0 N–H and O–H groups in total. The van der Waals surface area contributed by atoms with Gasteiger partial charge in [-0.1, -0.05) is 18.2 Å². The van der Waals surface area contributed by atoms with Gasteiger partial charge in [0, 0.05) is 32.5 Å². The Labute approximate surface area is 132 Å². The lowest BCUT2D eigenvalue weighted by atomic mass is 10.1. The van der Waals surface area contributed by atoms with Gasteiger partial charge in [0.05, 0.1) is 13.5 Å². The molecule has 1 aromatic rings. The first-order valence-corrected chi connectivity index (χ1v) is 9.63. The van der Waals surface area contributed by atoms with E-state index in [-0.39, 0.29) is 11.4 Å². The Morgan fingerprint density at radius 3 is 2.86 bits per heavy atom. The minimum atomic E-state index is -0.852. The Balaban J connectivity index is 1.51. The quantitative estimate of drug-likeness (QED) is 0.755. The van der Waals surface area contributed by atoms with Gasteiger partial charge in [0.25, 0.3) is 0 Å². The molecule has 3 rings (SSSR count). The van der Waals surface area contributed by atoms with E-state index in [0.717, 1.165) is 25.0 Å². The van der Waals surface area contributed by atoms with Crippen LogP contribution in [0.1, 0.15) is 24.8 Å². The third kappa shape index (κ3) is 3.69. The number of carbonyl (C=O) groups excluding carboxylic acids is 1. The summed E-state index contributed by atoms with van der Waals surface area (Å²) in [6.45, 7) is 0. The highest BCUT2D eigenvalue weighted by Crippen LogP contribution is 2.50. The second kappa shape index (κ2) is 6.13. The van der Waals surface area contributed by atoms with Crippen LogP contribution in [0.4, 0.5) is 0 Å². The Morgan fingerprint density at radius 2 is 2.19 bits per heavy atom. The predicted octanol–water partition coefficient (Wildman–Crippen LogP) is 2.80. The highest BCUT2D eigenvalue weighted by atomic mass is 32.2. The van der Waals surface area contributed by atoms with Gasteiger partial charge in [-0.15, -0.1) is 11.8 Å². The van der Waals surface area contributed by atoms with Crippen LogP contribution in [-0.4, -0.2) is 34.0 Å². The SMILES string of the molecule is COC(=O)CC1(CS(=O)CC2Cc3ccccc3S2)CC1. The Morgan fingerprint density at radius 1 is 1.43 bits per heavy atom. The zero-order valence-corrected chi connectivity index (χ0v) is 13.8. The normalized spacial score (nSPS) is 23.4. The lowest BCUT2D eigenvalue weighted by Gasteiger charge is -2.15. The van der Waals surface area contributed by atoms with Crippen LogP contribution in [0.2, 0.25) is 0 Å². The maximum absolute atomic E-state index is 12.4. The van der Waals surface area contributed by atoms with Gasteiger partial charge in [-0.3, -0.25) is 9.00 Å². The maximum atomic E-state index is 12.4. The second-order valence-corrected chi connectivity index (χ2v) is 8.90. The van der Waals surface area contributed by atoms with Crippen molar-refractivity contribution in [1.29, 1.82) is 0 Å². The highest BCUT2D eigenvalue weighted by molar-refractivity contribution is 8.01. The molecule has 1 aromatic carbocycles. The molecule has 1 saturated carbocycles. The van der Waals surface area contributed by atoms with E-state index in [1.807, 2.05) is 11.8 Å². The molecular weight excluding hydrogens is 304 g/mol. The minimum absolute atomic E-state index is 0.0337. The van der Waals surface area contributed by atoms with Crippen molar-refractivity contribution in [2.45, 2.75) is 35.8 Å². The Hall–Kier alpha value is -0.810. The predicted molar refractivity (Wildman–Crippen MR) is 86.0 cm³/mol. The number of rotatable bonds is 6. The van der Waals surface area contributed by atoms with E-state index in [0.29, 0.717) is 17.4 Å². The fraction of sp³-hybridized carbons (Fsp3) is 0.562. The Bertz CT molecular complexity index is 541. The van der Waals surface area contributed by atoms with Crippen molar-refractivity contribution in [3.8, 4) is 0 Å². The maximum Gasteiger partial charge on any atom is 0.306 e. The molecule has 1 aliphatic carbocycles. The van der Waals surface area contributed by atoms with Crippen LogP contribution < -0.4 is 0 Å². The molecule has 0 radical (unpaired) electrons. The lowest BCUT2D eigenvalue weighted by molar-refractivity contribution is -0.141. The number of carbonyl (C=O) groups is 1. The summed E-state index contributed by atoms with van der Waals surface area (Å²) in [6, 6.07) is 8.42. The first kappa shape index (κ1) is 15.1. The van der Waals surface area contributed by atoms with Crippen LogP contribution >= 0.6 is 11.8 Å².